The molecule has 0 aliphatic carbocycles. The van der Waals surface area contributed by atoms with Crippen LogP contribution in [0.25, 0.3) is 10.9 Å². The van der Waals surface area contributed by atoms with E-state index in [9.17, 15) is 29.1 Å². The fourth-order valence-corrected chi connectivity index (χ4v) is 7.84. The molecule has 0 spiro atoms. The number of fused-ring (bicyclic) bond motifs is 1. The van der Waals surface area contributed by atoms with Crippen LogP contribution in [-0.2, 0) is 39.8 Å². The van der Waals surface area contributed by atoms with Gasteiger partial charge in [0.15, 0.2) is 0 Å². The summed E-state index contributed by atoms with van der Waals surface area (Å²) in [6.07, 6.45) is 0.0879. The van der Waals surface area contributed by atoms with Crippen LogP contribution in [-0.4, -0.2) is 68.6 Å². The summed E-state index contributed by atoms with van der Waals surface area (Å²) in [5.74, 6) is -3.68. The maximum absolute atomic E-state index is 14.0. The van der Waals surface area contributed by atoms with Crippen LogP contribution < -0.4 is 10.6 Å². The number of benzene rings is 4. The molecule has 0 fully saturated rings. The Morgan fingerprint density at radius 1 is 0.667 bits per heavy atom. The molecule has 11 nitrogen and oxygen atoms in total. The number of nitrogens with one attached hydrogen (secondary N) is 2. The molecule has 1 aromatic heterocycles. The van der Waals surface area contributed by atoms with Crippen LogP contribution in [0, 0.1) is 0 Å². The van der Waals surface area contributed by atoms with Gasteiger partial charge in [-0.3, -0.25) is 19.0 Å². The number of carboxylic acid groups (broad SMARTS) is 1. The first-order valence-corrected chi connectivity index (χ1v) is 19.6. The fraction of sp³-hybridized carbons (Fsp3) is 0.311. The third-order valence-electron chi connectivity index (χ3n) is 8.83. The predicted octanol–water partition coefficient (Wildman–Crippen LogP) is 7.48. The molecule has 4 aromatic carbocycles. The monoisotopic (exact) mass is 791 g/mol. The average molecular weight is 792 g/mol. The van der Waals surface area contributed by atoms with Gasteiger partial charge in [-0.2, -0.15) is 0 Å². The molecule has 0 bridgehead atoms. The van der Waals surface area contributed by atoms with E-state index in [0.29, 0.717) is 16.5 Å². The molecule has 0 aliphatic heterocycles. The van der Waals surface area contributed by atoms with Crippen molar-refractivity contribution in [3.8, 4) is 0 Å². The Bertz CT molecular complexity index is 2100. The highest BCUT2D eigenvalue weighted by Crippen LogP contribution is 2.48. The lowest BCUT2D eigenvalue weighted by molar-refractivity contribution is -0.156. The highest BCUT2D eigenvalue weighted by Gasteiger charge is 2.38. The van der Waals surface area contributed by atoms with Crippen molar-refractivity contribution < 1.29 is 38.6 Å². The van der Waals surface area contributed by atoms with Crippen LogP contribution in [0.2, 0.25) is 0 Å². The van der Waals surface area contributed by atoms with Crippen LogP contribution in [0.5, 0.6) is 0 Å². The van der Waals surface area contributed by atoms with Gasteiger partial charge in [0.25, 0.3) is 0 Å². The molecule has 3 N–H and O–H groups in total. The Balaban J connectivity index is 1.42. The number of hydrogen-bond donors (Lipinski definition) is 3. The van der Waals surface area contributed by atoms with Crippen molar-refractivity contribution in [1.29, 1.82) is 0 Å². The fourth-order valence-electron chi connectivity index (χ4n) is 6.50. The van der Waals surface area contributed by atoms with Crippen molar-refractivity contribution in [2.75, 3.05) is 5.75 Å². The Morgan fingerprint density at radius 2 is 1.16 bits per heavy atom. The van der Waals surface area contributed by atoms with E-state index in [1.54, 1.807) is 65.8 Å². The second kappa shape index (κ2) is 17.9. The van der Waals surface area contributed by atoms with Crippen molar-refractivity contribution in [3.63, 3.8) is 0 Å². The first kappa shape index (κ1) is 42.3. The number of rotatable bonds is 14. The van der Waals surface area contributed by atoms with E-state index >= 15 is 0 Å². The van der Waals surface area contributed by atoms with E-state index in [1.165, 1.54) is 22.5 Å². The van der Waals surface area contributed by atoms with Gasteiger partial charge in [0.2, 0.25) is 11.8 Å². The van der Waals surface area contributed by atoms with Gasteiger partial charge in [-0.15, -0.1) is 11.8 Å². The van der Waals surface area contributed by atoms with Gasteiger partial charge in [-0.05, 0) is 69.9 Å². The van der Waals surface area contributed by atoms with Crippen LogP contribution in [0.1, 0.15) is 70.2 Å². The number of amides is 2. The molecule has 2 unspecified atom stereocenters. The maximum Gasteiger partial charge on any atom is 0.419 e. The average Bonchev–Trinajstić information content (AvgIpc) is 3.53. The summed E-state index contributed by atoms with van der Waals surface area (Å²) in [6.45, 7) is 10.3. The number of carbonyl (C=O) groups excluding carboxylic acids is 4. The van der Waals surface area contributed by atoms with E-state index in [0.717, 1.165) is 16.7 Å². The standard InChI is InChI=1S/C45H49N3O8S/c1-43(2,3)55-39(50)27-35(40(51)47-36(41(52)53)26-30-28-48(42(54)56-44(4,5)6)37-25-17-16-24-34(30)37)46-38(49)29-57-45(31-18-10-7-11-19-31,32-20-12-8-13-21-32)33-22-14-9-15-23-33/h7-25,28,35-36H,26-27,29H2,1-6H3,(H,46,49)(H,47,51)(H,52,53). The minimum absolute atomic E-state index is 0.136. The normalized spacial score (nSPS) is 12.9. The number of aromatic nitrogens is 1. The number of hydrogen-bond acceptors (Lipinski definition) is 8. The number of esters is 1. The van der Waals surface area contributed by atoms with E-state index in [2.05, 4.69) is 10.6 Å². The van der Waals surface area contributed by atoms with E-state index in [-0.39, 0.29) is 12.2 Å². The van der Waals surface area contributed by atoms with Crippen LogP contribution in [0.3, 0.4) is 0 Å². The lowest BCUT2D eigenvalue weighted by Crippen LogP contribution is -2.53. The minimum atomic E-state index is -1.50. The Hall–Kier alpha value is -5.88. The van der Waals surface area contributed by atoms with Crippen molar-refractivity contribution in [1.82, 2.24) is 15.2 Å². The molecule has 57 heavy (non-hydrogen) atoms. The molecular formula is C45H49N3O8S. The Labute approximate surface area is 337 Å². The zero-order chi connectivity index (χ0) is 41.4. The van der Waals surface area contributed by atoms with E-state index in [4.69, 9.17) is 9.47 Å². The Kier molecular flexibility index (Phi) is 13.3. The van der Waals surface area contributed by atoms with Crippen LogP contribution in [0.4, 0.5) is 4.79 Å². The number of aliphatic carboxylic acids is 1. The first-order valence-electron chi connectivity index (χ1n) is 18.6. The number of thioether (sulfide) groups is 1. The highest BCUT2D eigenvalue weighted by atomic mass is 32.2. The number of carbonyl (C=O) groups is 5. The van der Waals surface area contributed by atoms with Crippen LogP contribution >= 0.6 is 11.8 Å². The summed E-state index contributed by atoms with van der Waals surface area (Å²) >= 11 is 1.35. The van der Waals surface area contributed by atoms with E-state index < -0.39 is 64.3 Å². The van der Waals surface area contributed by atoms with Gasteiger partial charge in [-0.25, -0.2) is 9.59 Å². The second-order valence-electron chi connectivity index (χ2n) is 15.6. The molecule has 0 aliphatic rings. The number of para-hydroxylation sites is 1. The third kappa shape index (κ3) is 10.9. The quantitative estimate of drug-likeness (QED) is 0.0768. The molecule has 0 radical (unpaired) electrons. The van der Waals surface area contributed by atoms with Gasteiger partial charge in [0.1, 0.15) is 23.3 Å². The van der Waals surface area contributed by atoms with Crippen molar-refractivity contribution in [3.05, 3.63) is 144 Å². The SMILES string of the molecule is CC(C)(C)OC(=O)CC(NC(=O)CSC(c1ccccc1)(c1ccccc1)c1ccccc1)C(=O)NC(Cc1cn(C(=O)OC(C)(C)C)c2ccccc12)C(=O)O. The van der Waals surface area contributed by atoms with E-state index in [1.807, 2.05) is 91.0 Å². The summed E-state index contributed by atoms with van der Waals surface area (Å²) in [4.78, 5) is 66.9. The first-order chi connectivity index (χ1) is 27.0. The molecule has 1 heterocycles. The molecule has 2 amide bonds. The largest absolute Gasteiger partial charge is 0.480 e. The number of carboxylic acids is 1. The molecule has 12 heteroatoms. The van der Waals surface area contributed by atoms with Gasteiger partial charge < -0.3 is 25.2 Å². The highest BCUT2D eigenvalue weighted by molar-refractivity contribution is 8.01. The second-order valence-corrected chi connectivity index (χ2v) is 16.8. The molecule has 5 aromatic rings. The zero-order valence-electron chi connectivity index (χ0n) is 33.0. The lowest BCUT2D eigenvalue weighted by atomic mass is 9.84. The summed E-state index contributed by atoms with van der Waals surface area (Å²) < 4.78 is 11.5. The molecular weight excluding hydrogens is 743 g/mol. The van der Waals surface area contributed by atoms with Gasteiger partial charge in [-0.1, -0.05) is 109 Å². The zero-order valence-corrected chi connectivity index (χ0v) is 33.8. The Morgan fingerprint density at radius 3 is 1.65 bits per heavy atom. The molecule has 5 rings (SSSR count). The number of nitrogens with zero attached hydrogens (tertiary/aromatic N) is 1. The van der Waals surface area contributed by atoms with Gasteiger partial charge >= 0.3 is 18.0 Å². The van der Waals surface area contributed by atoms with Crippen molar-refractivity contribution >= 4 is 52.5 Å². The summed E-state index contributed by atoms with van der Waals surface area (Å²) in [6, 6.07) is 33.4. The summed E-state index contributed by atoms with van der Waals surface area (Å²) in [7, 11) is 0. The number of ether oxygens (including phenoxy) is 2. The topological polar surface area (TPSA) is 153 Å². The van der Waals surface area contributed by atoms with Crippen molar-refractivity contribution in [2.45, 2.75) is 82.4 Å². The van der Waals surface area contributed by atoms with Crippen molar-refractivity contribution in [2.24, 2.45) is 0 Å². The minimum Gasteiger partial charge on any atom is -0.480 e. The smallest absolute Gasteiger partial charge is 0.419 e. The lowest BCUT2D eigenvalue weighted by Gasteiger charge is -2.35. The maximum atomic E-state index is 14.0. The van der Waals surface area contributed by atoms with Crippen LogP contribution in [0.15, 0.2) is 121 Å². The summed E-state index contributed by atoms with van der Waals surface area (Å²) in [5, 5.41) is 16.2. The predicted molar refractivity (Wildman–Crippen MR) is 221 cm³/mol. The molecule has 0 saturated carbocycles. The molecule has 2 atom stereocenters. The summed E-state index contributed by atoms with van der Waals surface area (Å²) in [5.41, 5.74) is 2.10. The molecule has 298 valence electrons. The molecule has 0 saturated heterocycles. The third-order valence-corrected chi connectivity index (χ3v) is 10.4. The van der Waals surface area contributed by atoms with Gasteiger partial charge in [0.05, 0.1) is 22.4 Å². The van der Waals surface area contributed by atoms with Gasteiger partial charge in [0, 0.05) is 18.0 Å².